The van der Waals surface area contributed by atoms with Crippen molar-refractivity contribution in [1.82, 2.24) is 4.98 Å². The van der Waals surface area contributed by atoms with Crippen molar-refractivity contribution in [3.05, 3.63) is 101 Å². The van der Waals surface area contributed by atoms with Crippen LogP contribution in [0.25, 0.3) is 11.3 Å². The fraction of sp³-hybridized carbons (Fsp3) is 0.0400. The van der Waals surface area contributed by atoms with E-state index in [2.05, 4.69) is 26.0 Å². The number of anilines is 2. The van der Waals surface area contributed by atoms with Crippen LogP contribution in [0.2, 0.25) is 0 Å². The predicted molar refractivity (Wildman–Crippen MR) is 132 cm³/mol. The molecule has 0 amide bonds. The summed E-state index contributed by atoms with van der Waals surface area (Å²) in [6.07, 6.45) is 0.688. The molecule has 7 heteroatoms. The smallest absolute Gasteiger partial charge is 0.203 e. The zero-order valence-electron chi connectivity index (χ0n) is 17.4. The first-order valence-corrected chi connectivity index (χ1v) is 10.9. The molecule has 0 atom stereocenters. The highest BCUT2D eigenvalue weighted by molar-refractivity contribution is 7.14. The van der Waals surface area contributed by atoms with Crippen LogP contribution in [0.4, 0.5) is 10.8 Å². The Kier molecular flexibility index (Phi) is 6.79. The Balaban J connectivity index is 1.61. The first-order valence-electron chi connectivity index (χ1n) is 9.99. The largest absolute Gasteiger partial charge is 0.296 e. The monoisotopic (exact) mass is 439 g/mol. The van der Waals surface area contributed by atoms with Gasteiger partial charge >= 0.3 is 0 Å². The maximum Gasteiger partial charge on any atom is 0.203 e. The van der Waals surface area contributed by atoms with E-state index in [1.807, 2.05) is 97.2 Å². The fourth-order valence-electron chi connectivity index (χ4n) is 3.01. The highest BCUT2D eigenvalue weighted by Crippen LogP contribution is 2.24. The van der Waals surface area contributed by atoms with Crippen LogP contribution in [-0.2, 0) is 4.79 Å². The van der Waals surface area contributed by atoms with Crippen molar-refractivity contribution in [1.29, 1.82) is 0 Å². The summed E-state index contributed by atoms with van der Waals surface area (Å²) in [5.41, 5.74) is 11.0. The summed E-state index contributed by atoms with van der Waals surface area (Å²) < 4.78 is 0. The molecule has 0 fully saturated rings. The van der Waals surface area contributed by atoms with E-state index in [0.29, 0.717) is 17.1 Å². The SMILES string of the molecule is Cc1cccc(N/N=C(C=O)\C(=N/Nc2nc(-c3ccccc3)cs2)c2ccccc2)c1. The van der Waals surface area contributed by atoms with Crippen LogP contribution in [0, 0.1) is 6.92 Å². The van der Waals surface area contributed by atoms with Gasteiger partial charge in [-0.3, -0.25) is 15.6 Å². The first kappa shape index (κ1) is 21.1. The number of nitrogens with one attached hydrogen (secondary N) is 2. The minimum absolute atomic E-state index is 0.171. The summed E-state index contributed by atoms with van der Waals surface area (Å²) in [5.74, 6) is 0. The van der Waals surface area contributed by atoms with Crippen LogP contribution in [0.5, 0.6) is 0 Å². The quantitative estimate of drug-likeness (QED) is 0.213. The molecule has 0 aliphatic rings. The third kappa shape index (κ3) is 5.33. The second-order valence-corrected chi connectivity index (χ2v) is 7.80. The third-order valence-electron chi connectivity index (χ3n) is 4.56. The summed E-state index contributed by atoms with van der Waals surface area (Å²) in [7, 11) is 0. The van der Waals surface area contributed by atoms with E-state index >= 15 is 0 Å². The molecule has 0 saturated carbocycles. The number of hydrogen-bond donors (Lipinski definition) is 2. The Labute approximate surface area is 190 Å². The highest BCUT2D eigenvalue weighted by Gasteiger charge is 2.13. The van der Waals surface area contributed by atoms with Crippen LogP contribution < -0.4 is 10.9 Å². The van der Waals surface area contributed by atoms with E-state index in [9.17, 15) is 4.79 Å². The molecule has 3 aromatic carbocycles. The number of hydrazone groups is 2. The summed E-state index contributed by atoms with van der Waals surface area (Å²) in [6, 6.07) is 27.1. The maximum absolute atomic E-state index is 11.9. The lowest BCUT2D eigenvalue weighted by Gasteiger charge is -2.07. The molecule has 0 radical (unpaired) electrons. The summed E-state index contributed by atoms with van der Waals surface area (Å²) in [4.78, 5) is 16.5. The van der Waals surface area contributed by atoms with Crippen LogP contribution in [0.15, 0.2) is 101 Å². The fourth-order valence-corrected chi connectivity index (χ4v) is 3.67. The van der Waals surface area contributed by atoms with E-state index in [1.165, 1.54) is 11.3 Å². The molecule has 0 aliphatic heterocycles. The van der Waals surface area contributed by atoms with Crippen LogP contribution in [0.1, 0.15) is 11.1 Å². The molecule has 4 rings (SSSR count). The number of thiazole rings is 1. The molecule has 0 saturated heterocycles. The molecule has 158 valence electrons. The van der Waals surface area contributed by atoms with Crippen molar-refractivity contribution >= 4 is 39.9 Å². The van der Waals surface area contributed by atoms with Gasteiger partial charge in [-0.1, -0.05) is 72.8 Å². The van der Waals surface area contributed by atoms with Gasteiger partial charge in [0.05, 0.1) is 11.4 Å². The number of benzene rings is 3. The number of aldehydes is 1. The molecular weight excluding hydrogens is 418 g/mol. The van der Waals surface area contributed by atoms with Gasteiger partial charge < -0.3 is 0 Å². The van der Waals surface area contributed by atoms with Crippen LogP contribution >= 0.6 is 11.3 Å². The number of aromatic nitrogens is 1. The number of hydrogen-bond acceptors (Lipinski definition) is 7. The molecule has 0 spiro atoms. The van der Waals surface area contributed by atoms with E-state index in [0.717, 1.165) is 28.1 Å². The third-order valence-corrected chi connectivity index (χ3v) is 5.31. The van der Waals surface area contributed by atoms with Crippen LogP contribution in [0.3, 0.4) is 0 Å². The normalized spacial score (nSPS) is 11.8. The highest BCUT2D eigenvalue weighted by atomic mass is 32.1. The average Bonchev–Trinajstić information content (AvgIpc) is 3.31. The summed E-state index contributed by atoms with van der Waals surface area (Å²) in [5, 5.41) is 11.4. The van der Waals surface area contributed by atoms with Gasteiger partial charge in [0, 0.05) is 16.5 Å². The van der Waals surface area contributed by atoms with E-state index in [1.54, 1.807) is 0 Å². The van der Waals surface area contributed by atoms with Gasteiger partial charge in [0.25, 0.3) is 0 Å². The van der Waals surface area contributed by atoms with Crippen molar-refractivity contribution in [2.75, 3.05) is 10.9 Å². The Morgan fingerprint density at radius 3 is 2.38 bits per heavy atom. The van der Waals surface area contributed by atoms with E-state index in [4.69, 9.17) is 0 Å². The van der Waals surface area contributed by atoms with Gasteiger partial charge in [-0.05, 0) is 24.6 Å². The number of aryl methyl sites for hydroxylation is 1. The molecule has 0 bridgehead atoms. The molecule has 32 heavy (non-hydrogen) atoms. The number of carbonyl (C=O) groups is 1. The Morgan fingerprint density at radius 2 is 1.66 bits per heavy atom. The standard InChI is InChI=1S/C25H21N5OS/c1-18-9-8-14-21(15-18)27-28-22(16-31)24(20-12-6-3-7-13-20)29-30-25-26-23(17-32-25)19-10-4-2-5-11-19/h2-17,27H,1H3,(H,26,30)/b28-22-,29-24-. The van der Waals surface area contributed by atoms with Crippen molar-refractivity contribution in [3.8, 4) is 11.3 Å². The average molecular weight is 440 g/mol. The predicted octanol–water partition coefficient (Wildman–Crippen LogP) is 5.60. The van der Waals surface area contributed by atoms with Gasteiger partial charge in [-0.15, -0.1) is 11.3 Å². The Bertz CT molecular complexity index is 1250. The Morgan fingerprint density at radius 1 is 0.906 bits per heavy atom. The van der Waals surface area contributed by atoms with Crippen molar-refractivity contribution in [2.24, 2.45) is 10.2 Å². The second kappa shape index (κ2) is 10.3. The maximum atomic E-state index is 11.9. The number of carbonyl (C=O) groups excluding carboxylic acids is 1. The Hall–Kier alpha value is -4.10. The summed E-state index contributed by atoms with van der Waals surface area (Å²) in [6.45, 7) is 1.99. The second-order valence-electron chi connectivity index (χ2n) is 6.94. The molecular formula is C25H21N5OS. The first-order chi connectivity index (χ1) is 15.7. The lowest BCUT2D eigenvalue weighted by molar-refractivity contribution is -0.102. The van der Waals surface area contributed by atoms with Gasteiger partial charge in [0.2, 0.25) is 5.13 Å². The lowest BCUT2D eigenvalue weighted by atomic mass is 10.1. The molecule has 1 aromatic heterocycles. The van der Waals surface area contributed by atoms with E-state index in [-0.39, 0.29) is 5.71 Å². The van der Waals surface area contributed by atoms with Gasteiger partial charge in [0.1, 0.15) is 5.71 Å². The molecule has 1 heterocycles. The topological polar surface area (TPSA) is 78.7 Å². The van der Waals surface area contributed by atoms with Crippen LogP contribution in [-0.4, -0.2) is 22.7 Å². The zero-order chi connectivity index (χ0) is 22.2. The zero-order valence-corrected chi connectivity index (χ0v) is 18.2. The van der Waals surface area contributed by atoms with E-state index < -0.39 is 0 Å². The van der Waals surface area contributed by atoms with Crippen molar-refractivity contribution in [2.45, 2.75) is 6.92 Å². The van der Waals surface area contributed by atoms with Gasteiger partial charge in [-0.25, -0.2) is 4.98 Å². The van der Waals surface area contributed by atoms with Crippen molar-refractivity contribution in [3.63, 3.8) is 0 Å². The minimum atomic E-state index is 0.171. The lowest BCUT2D eigenvalue weighted by Crippen LogP contribution is -2.20. The number of nitrogens with zero attached hydrogens (tertiary/aromatic N) is 3. The molecule has 6 nitrogen and oxygen atoms in total. The van der Waals surface area contributed by atoms with Crippen molar-refractivity contribution < 1.29 is 4.79 Å². The van der Waals surface area contributed by atoms with Gasteiger partial charge in [-0.2, -0.15) is 10.2 Å². The summed E-state index contributed by atoms with van der Waals surface area (Å²) >= 11 is 1.44. The van der Waals surface area contributed by atoms with Gasteiger partial charge in [0.15, 0.2) is 12.0 Å². The number of rotatable bonds is 8. The molecule has 0 aliphatic carbocycles. The molecule has 4 aromatic rings. The minimum Gasteiger partial charge on any atom is -0.296 e. The molecule has 0 unspecified atom stereocenters. The molecule has 2 N–H and O–H groups in total.